The van der Waals surface area contributed by atoms with Crippen LogP contribution in [-0.2, 0) is 6.18 Å². The second-order valence-electron chi connectivity index (χ2n) is 8.53. The molecular formula is C22H25F3N6O. The molecule has 0 aliphatic carbocycles. The first-order chi connectivity index (χ1) is 15.4. The van der Waals surface area contributed by atoms with Crippen molar-refractivity contribution in [3.05, 3.63) is 42.4 Å². The maximum Gasteiger partial charge on any atom is 0.417 e. The summed E-state index contributed by atoms with van der Waals surface area (Å²) >= 11 is 0. The van der Waals surface area contributed by atoms with Gasteiger partial charge in [-0.2, -0.15) is 13.2 Å². The molecule has 0 bridgehead atoms. The fourth-order valence-corrected chi connectivity index (χ4v) is 4.73. The van der Waals surface area contributed by atoms with Crippen LogP contribution >= 0.6 is 0 Å². The lowest BCUT2D eigenvalue weighted by Crippen LogP contribution is -2.47. The molecule has 0 aromatic carbocycles. The fraction of sp³-hybridized carbons (Fsp3) is 0.500. The molecule has 5 rings (SSSR count). The number of anilines is 1. The van der Waals surface area contributed by atoms with E-state index in [2.05, 4.69) is 24.8 Å². The predicted molar refractivity (Wildman–Crippen MR) is 113 cm³/mol. The molecule has 0 radical (unpaired) electrons. The molecule has 2 aliphatic heterocycles. The third-order valence-corrected chi connectivity index (χ3v) is 6.42. The second-order valence-corrected chi connectivity index (χ2v) is 8.53. The Bertz CT molecular complexity index is 1090. The van der Waals surface area contributed by atoms with Crippen LogP contribution < -0.4 is 4.90 Å². The average Bonchev–Trinajstić information content (AvgIpc) is 3.48. The van der Waals surface area contributed by atoms with E-state index >= 15 is 0 Å². The number of hydrogen-bond acceptors (Lipinski definition) is 6. The van der Waals surface area contributed by atoms with Gasteiger partial charge in [0.2, 0.25) is 0 Å². The van der Waals surface area contributed by atoms with Gasteiger partial charge < -0.3 is 10.0 Å². The number of imidazole rings is 1. The summed E-state index contributed by atoms with van der Waals surface area (Å²) in [5.41, 5.74) is 0.0440. The largest absolute Gasteiger partial charge is 0.417 e. The first-order valence-corrected chi connectivity index (χ1v) is 10.9. The van der Waals surface area contributed by atoms with Gasteiger partial charge in [0.05, 0.1) is 11.8 Å². The van der Waals surface area contributed by atoms with Gasteiger partial charge in [0.1, 0.15) is 23.4 Å². The molecule has 5 heterocycles. The number of aliphatic hydroxyl groups is 1. The van der Waals surface area contributed by atoms with Crippen LogP contribution in [0.3, 0.4) is 0 Å². The number of aliphatic hydroxyl groups excluding tert-OH is 1. The summed E-state index contributed by atoms with van der Waals surface area (Å²) in [6.45, 7) is 3.36. The molecule has 0 spiro atoms. The SMILES string of the molecule is OC(C1CCCN(c2ccnc(-c3cnc4ccc(C(F)(F)F)cn34)n2)C1)N1CCCC1. The highest BCUT2D eigenvalue weighted by Gasteiger charge is 2.33. The number of pyridine rings is 1. The van der Waals surface area contributed by atoms with Gasteiger partial charge in [0, 0.05) is 44.5 Å². The summed E-state index contributed by atoms with van der Waals surface area (Å²) in [5.74, 6) is 1.15. The molecule has 3 aromatic rings. The molecule has 3 aromatic heterocycles. The first kappa shape index (κ1) is 21.1. The Balaban J connectivity index is 1.41. The Morgan fingerprint density at radius 3 is 2.62 bits per heavy atom. The van der Waals surface area contributed by atoms with Crippen LogP contribution in [0.5, 0.6) is 0 Å². The molecule has 0 amide bonds. The molecular weight excluding hydrogens is 421 g/mol. The minimum Gasteiger partial charge on any atom is -0.378 e. The van der Waals surface area contributed by atoms with Gasteiger partial charge in [-0.25, -0.2) is 15.0 Å². The maximum atomic E-state index is 13.2. The van der Waals surface area contributed by atoms with E-state index in [9.17, 15) is 18.3 Å². The fourth-order valence-electron chi connectivity index (χ4n) is 4.73. The summed E-state index contributed by atoms with van der Waals surface area (Å²) in [5, 5.41) is 10.8. The van der Waals surface area contributed by atoms with Crippen molar-refractivity contribution in [2.75, 3.05) is 31.1 Å². The summed E-state index contributed by atoms with van der Waals surface area (Å²) < 4.78 is 40.9. The average molecular weight is 446 g/mol. The topological polar surface area (TPSA) is 69.8 Å². The molecule has 1 N–H and O–H groups in total. The van der Waals surface area contributed by atoms with Crippen molar-refractivity contribution in [2.45, 2.75) is 38.1 Å². The molecule has 2 aliphatic rings. The Labute approximate surface area is 183 Å². The molecule has 10 heteroatoms. The van der Waals surface area contributed by atoms with Gasteiger partial charge in [-0.3, -0.25) is 9.30 Å². The van der Waals surface area contributed by atoms with Crippen LogP contribution in [0.4, 0.5) is 19.0 Å². The molecule has 7 nitrogen and oxygen atoms in total. The van der Waals surface area contributed by atoms with E-state index in [1.54, 1.807) is 12.3 Å². The zero-order valence-corrected chi connectivity index (χ0v) is 17.5. The molecule has 2 unspecified atom stereocenters. The van der Waals surface area contributed by atoms with Gasteiger partial charge in [-0.05, 0) is 43.9 Å². The summed E-state index contributed by atoms with van der Waals surface area (Å²) in [4.78, 5) is 17.4. The minimum atomic E-state index is -4.45. The highest BCUT2D eigenvalue weighted by Crippen LogP contribution is 2.31. The standard InChI is InChI=1S/C22H25F3N6O/c23-22(24,25)16-5-6-18-27-12-17(31(18)14-16)20-26-8-7-19(28-20)30-11-3-4-15(13-30)21(32)29-9-1-2-10-29/h5-8,12,14-15,21,32H,1-4,9-11,13H2. The summed E-state index contributed by atoms with van der Waals surface area (Å²) in [6.07, 6.45) is 3.38. The van der Waals surface area contributed by atoms with Crippen molar-refractivity contribution in [3.63, 3.8) is 0 Å². The zero-order chi connectivity index (χ0) is 22.3. The van der Waals surface area contributed by atoms with Crippen molar-refractivity contribution in [3.8, 4) is 11.5 Å². The number of fused-ring (bicyclic) bond motifs is 1. The van der Waals surface area contributed by atoms with E-state index in [1.165, 1.54) is 16.7 Å². The van der Waals surface area contributed by atoms with Crippen molar-refractivity contribution in [1.82, 2.24) is 24.3 Å². The van der Waals surface area contributed by atoms with Crippen LogP contribution in [0.25, 0.3) is 17.2 Å². The summed E-state index contributed by atoms with van der Waals surface area (Å²) in [6, 6.07) is 4.16. The number of aromatic nitrogens is 4. The van der Waals surface area contributed by atoms with Crippen LogP contribution in [0.15, 0.2) is 36.8 Å². The van der Waals surface area contributed by atoms with Crippen LogP contribution in [-0.4, -0.2) is 61.8 Å². The van der Waals surface area contributed by atoms with Gasteiger partial charge >= 0.3 is 6.18 Å². The van der Waals surface area contributed by atoms with E-state index in [4.69, 9.17) is 0 Å². The summed E-state index contributed by atoms with van der Waals surface area (Å²) in [7, 11) is 0. The molecule has 2 atom stereocenters. The van der Waals surface area contributed by atoms with Gasteiger partial charge in [-0.1, -0.05) is 0 Å². The van der Waals surface area contributed by atoms with E-state index < -0.39 is 18.0 Å². The number of piperidine rings is 1. The smallest absolute Gasteiger partial charge is 0.378 e. The number of hydrogen-bond donors (Lipinski definition) is 1. The molecule has 170 valence electrons. The number of halogens is 3. The Morgan fingerprint density at radius 2 is 1.84 bits per heavy atom. The van der Waals surface area contributed by atoms with E-state index in [0.29, 0.717) is 29.5 Å². The lowest BCUT2D eigenvalue weighted by atomic mass is 9.95. The van der Waals surface area contributed by atoms with Gasteiger partial charge in [0.15, 0.2) is 5.82 Å². The normalized spacial score (nSPS) is 21.4. The van der Waals surface area contributed by atoms with Crippen LogP contribution in [0, 0.1) is 5.92 Å². The molecule has 2 fully saturated rings. The second kappa shape index (κ2) is 8.32. The Kier molecular flexibility index (Phi) is 5.50. The number of nitrogens with zero attached hydrogens (tertiary/aromatic N) is 6. The molecule has 0 saturated carbocycles. The Hall–Kier alpha value is -2.72. The van der Waals surface area contributed by atoms with Crippen molar-refractivity contribution in [2.24, 2.45) is 5.92 Å². The minimum absolute atomic E-state index is 0.130. The third kappa shape index (κ3) is 4.04. The van der Waals surface area contributed by atoms with E-state index in [-0.39, 0.29) is 5.92 Å². The van der Waals surface area contributed by atoms with Crippen LogP contribution in [0.2, 0.25) is 0 Å². The lowest BCUT2D eigenvalue weighted by Gasteiger charge is -2.38. The zero-order valence-electron chi connectivity index (χ0n) is 17.5. The number of rotatable bonds is 4. The van der Waals surface area contributed by atoms with Crippen LogP contribution in [0.1, 0.15) is 31.2 Å². The van der Waals surface area contributed by atoms with Gasteiger partial charge in [0.25, 0.3) is 0 Å². The molecule has 32 heavy (non-hydrogen) atoms. The predicted octanol–water partition coefficient (Wildman–Crippen LogP) is 3.44. The van der Waals surface area contributed by atoms with Crippen molar-refractivity contribution >= 4 is 11.5 Å². The van der Waals surface area contributed by atoms with Crippen molar-refractivity contribution in [1.29, 1.82) is 0 Å². The monoisotopic (exact) mass is 446 g/mol. The highest BCUT2D eigenvalue weighted by molar-refractivity contribution is 5.59. The quantitative estimate of drug-likeness (QED) is 0.662. The highest BCUT2D eigenvalue weighted by atomic mass is 19.4. The van der Waals surface area contributed by atoms with Gasteiger partial charge in [-0.15, -0.1) is 0 Å². The van der Waals surface area contributed by atoms with Crippen molar-refractivity contribution < 1.29 is 18.3 Å². The number of alkyl halides is 3. The lowest BCUT2D eigenvalue weighted by molar-refractivity contribution is -0.137. The number of likely N-dealkylation sites (tertiary alicyclic amines) is 1. The van der Waals surface area contributed by atoms with E-state index in [0.717, 1.165) is 57.6 Å². The molecule has 2 saturated heterocycles. The first-order valence-electron chi connectivity index (χ1n) is 10.9. The van der Waals surface area contributed by atoms with E-state index in [1.807, 2.05) is 0 Å². The Morgan fingerprint density at radius 1 is 1.03 bits per heavy atom. The third-order valence-electron chi connectivity index (χ3n) is 6.42. The maximum absolute atomic E-state index is 13.2.